The lowest BCUT2D eigenvalue weighted by molar-refractivity contribution is 0.00586. The van der Waals surface area contributed by atoms with Crippen molar-refractivity contribution in [2.45, 2.75) is 6.10 Å². The Labute approximate surface area is 75.8 Å². The number of pyridine rings is 1. The first-order chi connectivity index (χ1) is 6.27. The third-order valence-electron chi connectivity index (χ3n) is 2.01. The molecule has 0 atom stereocenters. The van der Waals surface area contributed by atoms with E-state index in [4.69, 9.17) is 5.11 Å². The first kappa shape index (κ1) is 8.19. The Kier molecular flexibility index (Phi) is 1.98. The molecule has 1 aromatic heterocycles. The van der Waals surface area contributed by atoms with E-state index in [0.29, 0.717) is 18.7 Å². The molecule has 0 unspecified atom stereocenters. The minimum absolute atomic E-state index is 0.0770. The fourth-order valence-electron chi connectivity index (χ4n) is 1.25. The summed E-state index contributed by atoms with van der Waals surface area (Å²) in [7, 11) is 0. The molecule has 1 saturated heterocycles. The van der Waals surface area contributed by atoms with E-state index in [0.717, 1.165) is 0 Å². The monoisotopic (exact) mass is 177 g/mol. The Morgan fingerprint density at radius 1 is 1.69 bits per heavy atom. The summed E-state index contributed by atoms with van der Waals surface area (Å²) in [6.07, 6.45) is 3.73. The van der Waals surface area contributed by atoms with Crippen LogP contribution in [-0.2, 0) is 0 Å². The van der Waals surface area contributed by atoms with Gasteiger partial charge in [0.15, 0.2) is 0 Å². The number of carbonyl (C=O) groups excluding carboxylic acids is 1. The Morgan fingerprint density at radius 3 is 3.00 bits per heavy atom. The quantitative estimate of drug-likeness (QED) is 0.640. The maximum absolute atomic E-state index is 11.5. The van der Waals surface area contributed by atoms with E-state index in [9.17, 15) is 4.79 Å². The topological polar surface area (TPSA) is 53.4 Å². The van der Waals surface area contributed by atoms with Crippen LogP contribution in [0.2, 0.25) is 0 Å². The van der Waals surface area contributed by atoms with E-state index in [1.54, 1.807) is 17.0 Å². The molecule has 2 heterocycles. The van der Waals surface area contributed by atoms with Gasteiger partial charge in [0, 0.05) is 19.3 Å². The van der Waals surface area contributed by atoms with Crippen molar-refractivity contribution in [3.63, 3.8) is 0 Å². The normalized spacial score (nSPS) is 16.8. The Morgan fingerprint density at radius 2 is 2.46 bits per heavy atom. The van der Waals surface area contributed by atoms with Crippen LogP contribution in [0.1, 0.15) is 10.4 Å². The molecule has 1 aliphatic heterocycles. The summed E-state index contributed by atoms with van der Waals surface area (Å²) in [4.78, 5) is 16.8. The van der Waals surface area contributed by atoms with Crippen LogP contribution in [0.25, 0.3) is 0 Å². The lowest BCUT2D eigenvalue weighted by Gasteiger charge is -2.35. The molecule has 1 N–H and O–H groups in total. The van der Waals surface area contributed by atoms with E-state index in [-0.39, 0.29) is 12.0 Å². The molecule has 13 heavy (non-hydrogen) atoms. The molecule has 0 spiro atoms. The summed E-state index contributed by atoms with van der Waals surface area (Å²) in [6.45, 7) is 0.856. The van der Waals surface area contributed by atoms with Crippen LogP contribution in [0.5, 0.6) is 0 Å². The number of carbonyl (C=O) groups is 1. The molecule has 0 aliphatic carbocycles. The van der Waals surface area contributed by atoms with Crippen molar-refractivity contribution in [1.29, 1.82) is 0 Å². The predicted molar refractivity (Wildman–Crippen MR) is 45.0 cm³/mol. The van der Waals surface area contributed by atoms with Crippen molar-refractivity contribution in [3.05, 3.63) is 30.1 Å². The van der Waals surface area contributed by atoms with Gasteiger partial charge < -0.3 is 10.0 Å². The van der Waals surface area contributed by atoms with E-state index in [1.807, 2.05) is 0 Å². The zero-order valence-electron chi connectivity index (χ0n) is 6.97. The van der Waals surface area contributed by atoms with E-state index in [2.05, 4.69) is 11.2 Å². The van der Waals surface area contributed by atoms with E-state index in [1.165, 1.54) is 6.20 Å². The molecule has 0 aromatic carbocycles. The van der Waals surface area contributed by atoms with Gasteiger partial charge in [-0.15, -0.1) is 0 Å². The number of aliphatic hydroxyl groups is 1. The van der Waals surface area contributed by atoms with Crippen molar-refractivity contribution in [3.8, 4) is 0 Å². The summed E-state index contributed by atoms with van der Waals surface area (Å²) in [5.74, 6) is -0.0770. The molecule has 1 amide bonds. The van der Waals surface area contributed by atoms with E-state index < -0.39 is 0 Å². The highest BCUT2D eigenvalue weighted by Crippen LogP contribution is 2.11. The highest BCUT2D eigenvalue weighted by molar-refractivity contribution is 5.94. The molecule has 2 rings (SSSR count). The molecule has 4 nitrogen and oxygen atoms in total. The number of aromatic nitrogens is 1. The van der Waals surface area contributed by atoms with Gasteiger partial charge in [-0.2, -0.15) is 0 Å². The van der Waals surface area contributed by atoms with Gasteiger partial charge >= 0.3 is 0 Å². The second-order valence-electron chi connectivity index (χ2n) is 3.04. The lowest BCUT2D eigenvalue weighted by atomic mass is 10.1. The minimum atomic E-state index is -0.354. The molecule has 0 bridgehead atoms. The van der Waals surface area contributed by atoms with Gasteiger partial charge in [-0.1, -0.05) is 0 Å². The molecular weight excluding hydrogens is 168 g/mol. The van der Waals surface area contributed by atoms with Gasteiger partial charge in [0.25, 0.3) is 5.91 Å². The number of hydrogen-bond acceptors (Lipinski definition) is 3. The second-order valence-corrected chi connectivity index (χ2v) is 3.04. The molecule has 4 heteroatoms. The number of rotatable bonds is 1. The van der Waals surface area contributed by atoms with Crippen molar-refractivity contribution in [1.82, 2.24) is 9.88 Å². The van der Waals surface area contributed by atoms with Gasteiger partial charge in [0.1, 0.15) is 0 Å². The highest BCUT2D eigenvalue weighted by Gasteiger charge is 2.29. The number of aliphatic hydroxyl groups excluding tert-OH is 1. The summed E-state index contributed by atoms with van der Waals surface area (Å²) < 4.78 is 0. The molecular formula is C9H9N2O2. The van der Waals surface area contributed by atoms with Crippen molar-refractivity contribution in [2.75, 3.05) is 13.1 Å². The third kappa shape index (κ3) is 1.53. The lowest BCUT2D eigenvalue weighted by Crippen LogP contribution is -2.53. The van der Waals surface area contributed by atoms with Gasteiger partial charge in [-0.25, -0.2) is 0 Å². The molecule has 1 radical (unpaired) electrons. The van der Waals surface area contributed by atoms with Crippen LogP contribution >= 0.6 is 0 Å². The van der Waals surface area contributed by atoms with Crippen molar-refractivity contribution >= 4 is 5.91 Å². The van der Waals surface area contributed by atoms with Gasteiger partial charge in [0.2, 0.25) is 0 Å². The smallest absolute Gasteiger partial charge is 0.255 e. The Bertz CT molecular complexity index is 307. The summed E-state index contributed by atoms with van der Waals surface area (Å²) in [6, 6.07) is 3.27. The SMILES string of the molecule is O=C(c1cc[c]nc1)N1CC(O)C1. The fraction of sp³-hybridized carbons (Fsp3) is 0.333. The maximum Gasteiger partial charge on any atom is 0.255 e. The summed E-state index contributed by atoms with van der Waals surface area (Å²) in [5, 5.41) is 9.00. The molecule has 1 fully saturated rings. The fourth-order valence-corrected chi connectivity index (χ4v) is 1.25. The Hall–Kier alpha value is -1.42. The largest absolute Gasteiger partial charge is 0.389 e. The number of β-amino-alcohol motifs (C(OH)–C–C–N with tert-alkyl or cyclic N) is 1. The maximum atomic E-state index is 11.5. The van der Waals surface area contributed by atoms with Crippen LogP contribution in [0.15, 0.2) is 18.3 Å². The van der Waals surface area contributed by atoms with Crippen LogP contribution in [0.3, 0.4) is 0 Å². The molecule has 0 saturated carbocycles. The average molecular weight is 177 g/mol. The highest BCUT2D eigenvalue weighted by atomic mass is 16.3. The van der Waals surface area contributed by atoms with Crippen LogP contribution < -0.4 is 0 Å². The summed E-state index contributed by atoms with van der Waals surface area (Å²) in [5.41, 5.74) is 0.547. The number of nitrogens with zero attached hydrogens (tertiary/aromatic N) is 2. The van der Waals surface area contributed by atoms with Crippen molar-refractivity contribution in [2.24, 2.45) is 0 Å². The predicted octanol–water partition coefficient (Wildman–Crippen LogP) is -0.302. The Balaban J connectivity index is 2.06. The van der Waals surface area contributed by atoms with Gasteiger partial charge in [-0.05, 0) is 12.1 Å². The van der Waals surface area contributed by atoms with Gasteiger partial charge in [-0.3, -0.25) is 9.78 Å². The number of likely N-dealkylation sites (tertiary alicyclic amines) is 1. The van der Waals surface area contributed by atoms with E-state index >= 15 is 0 Å². The van der Waals surface area contributed by atoms with Crippen LogP contribution in [0.4, 0.5) is 0 Å². The first-order valence-corrected chi connectivity index (χ1v) is 4.07. The zero-order valence-corrected chi connectivity index (χ0v) is 6.97. The minimum Gasteiger partial charge on any atom is -0.389 e. The average Bonchev–Trinajstić information content (AvgIpc) is 2.13. The first-order valence-electron chi connectivity index (χ1n) is 4.07. The third-order valence-corrected chi connectivity index (χ3v) is 2.01. The van der Waals surface area contributed by atoms with Crippen LogP contribution in [0, 0.1) is 6.20 Å². The zero-order chi connectivity index (χ0) is 9.26. The van der Waals surface area contributed by atoms with Crippen LogP contribution in [-0.4, -0.2) is 40.1 Å². The summed E-state index contributed by atoms with van der Waals surface area (Å²) >= 11 is 0. The second kappa shape index (κ2) is 3.14. The number of amides is 1. The van der Waals surface area contributed by atoms with Gasteiger partial charge in [0.05, 0.1) is 17.9 Å². The molecule has 67 valence electrons. The molecule has 1 aliphatic rings. The number of hydrogen-bond donors (Lipinski definition) is 1. The molecule has 1 aromatic rings. The van der Waals surface area contributed by atoms with Crippen molar-refractivity contribution < 1.29 is 9.90 Å². The standard InChI is InChI=1S/C9H9N2O2/c12-8-5-11(6-8)9(13)7-2-1-3-10-4-7/h1-2,4,8,12H,5-6H2.